The molecule has 0 aliphatic carbocycles. The van der Waals surface area contributed by atoms with Crippen molar-refractivity contribution < 1.29 is 9.47 Å². The van der Waals surface area contributed by atoms with Gasteiger partial charge in [0.05, 0.1) is 6.61 Å². The Morgan fingerprint density at radius 1 is 1.24 bits per heavy atom. The average Bonchev–Trinajstić information content (AvgIpc) is 2.36. The quantitative estimate of drug-likeness (QED) is 0.747. The molecule has 1 aromatic heterocycles. The van der Waals surface area contributed by atoms with Crippen LogP contribution in [0.4, 0.5) is 0 Å². The van der Waals surface area contributed by atoms with Gasteiger partial charge in [0.1, 0.15) is 6.61 Å². The molecule has 0 atom stereocenters. The second-order valence-electron chi connectivity index (χ2n) is 6.68. The lowest BCUT2D eigenvalue weighted by atomic mass is 10.1. The van der Waals surface area contributed by atoms with Crippen LogP contribution >= 0.6 is 0 Å². The van der Waals surface area contributed by atoms with Gasteiger partial charge in [-0.15, -0.1) is 0 Å². The van der Waals surface area contributed by atoms with Crippen LogP contribution in [0.1, 0.15) is 45.9 Å². The van der Waals surface area contributed by atoms with Crippen molar-refractivity contribution >= 4 is 0 Å². The Labute approximate surface area is 128 Å². The van der Waals surface area contributed by atoms with E-state index in [1.807, 2.05) is 13.1 Å². The van der Waals surface area contributed by atoms with Gasteiger partial charge in [-0.05, 0) is 33.6 Å². The monoisotopic (exact) mass is 295 g/mol. The third-order valence-corrected chi connectivity index (χ3v) is 2.78. The van der Waals surface area contributed by atoms with Crippen LogP contribution in [0, 0.1) is 12.8 Å². The summed E-state index contributed by atoms with van der Waals surface area (Å²) in [6.45, 7) is 15.2. The largest absolute Gasteiger partial charge is 0.461 e. The van der Waals surface area contributed by atoms with Crippen molar-refractivity contribution in [3.8, 4) is 6.01 Å². The molecule has 21 heavy (non-hydrogen) atoms. The molecule has 1 heterocycles. The lowest BCUT2D eigenvalue weighted by Crippen LogP contribution is -2.35. The third-order valence-electron chi connectivity index (χ3n) is 2.78. The Morgan fingerprint density at radius 3 is 2.52 bits per heavy atom. The first kappa shape index (κ1) is 17.9. The molecule has 0 unspecified atom stereocenters. The Bertz CT molecular complexity index is 428. The molecule has 0 amide bonds. The van der Waals surface area contributed by atoms with Crippen molar-refractivity contribution in [1.82, 2.24) is 15.3 Å². The van der Waals surface area contributed by atoms with E-state index in [1.165, 1.54) is 0 Å². The van der Waals surface area contributed by atoms with Gasteiger partial charge in [0, 0.05) is 36.1 Å². The molecule has 0 aliphatic rings. The van der Waals surface area contributed by atoms with Crippen LogP contribution in [-0.2, 0) is 11.3 Å². The van der Waals surface area contributed by atoms with Crippen molar-refractivity contribution in [2.24, 2.45) is 5.92 Å². The zero-order chi connectivity index (χ0) is 15.9. The molecule has 0 aliphatic heterocycles. The van der Waals surface area contributed by atoms with Gasteiger partial charge >= 0.3 is 6.01 Å². The van der Waals surface area contributed by atoms with Crippen LogP contribution < -0.4 is 10.1 Å². The summed E-state index contributed by atoms with van der Waals surface area (Å²) in [5.74, 6) is 0.540. The molecular weight excluding hydrogens is 266 g/mol. The Balaban J connectivity index is 2.39. The van der Waals surface area contributed by atoms with Gasteiger partial charge in [-0.3, -0.25) is 0 Å². The van der Waals surface area contributed by atoms with Gasteiger partial charge in [0.15, 0.2) is 0 Å². The number of ether oxygens (including phenoxy) is 2. The van der Waals surface area contributed by atoms with Crippen molar-refractivity contribution in [3.63, 3.8) is 0 Å². The summed E-state index contributed by atoms with van der Waals surface area (Å²) in [4.78, 5) is 8.62. The van der Waals surface area contributed by atoms with E-state index in [-0.39, 0.29) is 5.54 Å². The summed E-state index contributed by atoms with van der Waals surface area (Å²) < 4.78 is 11.0. The van der Waals surface area contributed by atoms with Gasteiger partial charge in [0.25, 0.3) is 0 Å². The number of rotatable bonds is 8. The maximum Gasteiger partial charge on any atom is 0.316 e. The van der Waals surface area contributed by atoms with Crippen molar-refractivity contribution in [3.05, 3.63) is 17.5 Å². The predicted molar refractivity (Wildman–Crippen MR) is 84.5 cm³/mol. The van der Waals surface area contributed by atoms with Gasteiger partial charge in [-0.2, -0.15) is 0 Å². The molecule has 0 aromatic carbocycles. The van der Waals surface area contributed by atoms with E-state index in [2.05, 4.69) is 49.9 Å². The first-order valence-corrected chi connectivity index (χ1v) is 7.56. The molecule has 0 radical (unpaired) electrons. The number of aryl methyl sites for hydroxylation is 1. The van der Waals surface area contributed by atoms with E-state index in [1.54, 1.807) is 0 Å². The summed E-state index contributed by atoms with van der Waals surface area (Å²) >= 11 is 0. The highest BCUT2D eigenvalue weighted by Gasteiger charge is 2.11. The lowest BCUT2D eigenvalue weighted by molar-refractivity contribution is 0.0791. The number of nitrogens with zero attached hydrogens (tertiary/aromatic N) is 2. The average molecular weight is 295 g/mol. The highest BCUT2D eigenvalue weighted by atomic mass is 16.5. The smallest absolute Gasteiger partial charge is 0.316 e. The second kappa shape index (κ2) is 8.29. The molecule has 5 nitrogen and oxygen atoms in total. The SMILES string of the molecule is Cc1nc(OCCOCC(C)C)ncc1CNC(C)(C)C. The van der Waals surface area contributed by atoms with E-state index in [4.69, 9.17) is 9.47 Å². The first-order valence-electron chi connectivity index (χ1n) is 7.56. The molecule has 0 fully saturated rings. The molecule has 0 saturated heterocycles. The summed E-state index contributed by atoms with van der Waals surface area (Å²) in [5, 5.41) is 3.43. The molecule has 0 saturated carbocycles. The van der Waals surface area contributed by atoms with E-state index in [0.29, 0.717) is 25.1 Å². The molecule has 1 rings (SSSR count). The first-order chi connectivity index (χ1) is 9.78. The van der Waals surface area contributed by atoms with Crippen LogP contribution in [0.5, 0.6) is 6.01 Å². The summed E-state index contributed by atoms with van der Waals surface area (Å²) in [6, 6.07) is 0.417. The fraction of sp³-hybridized carbons (Fsp3) is 0.750. The molecule has 5 heteroatoms. The van der Waals surface area contributed by atoms with Crippen LogP contribution in [0.15, 0.2) is 6.20 Å². The fourth-order valence-corrected chi connectivity index (χ4v) is 1.59. The molecule has 0 bridgehead atoms. The van der Waals surface area contributed by atoms with Gasteiger partial charge in [-0.25, -0.2) is 9.97 Å². The van der Waals surface area contributed by atoms with E-state index < -0.39 is 0 Å². The van der Waals surface area contributed by atoms with Gasteiger partial charge in [-0.1, -0.05) is 13.8 Å². The van der Waals surface area contributed by atoms with Crippen LogP contribution in [0.25, 0.3) is 0 Å². The Kier molecular flexibility index (Phi) is 7.05. The zero-order valence-electron chi connectivity index (χ0n) is 14.2. The lowest BCUT2D eigenvalue weighted by Gasteiger charge is -2.21. The number of nitrogens with one attached hydrogen (secondary N) is 1. The van der Waals surface area contributed by atoms with Crippen LogP contribution in [0.2, 0.25) is 0 Å². The van der Waals surface area contributed by atoms with Gasteiger partial charge < -0.3 is 14.8 Å². The molecular formula is C16H29N3O2. The topological polar surface area (TPSA) is 56.3 Å². The predicted octanol–water partition coefficient (Wildman–Crippen LogP) is 2.72. The van der Waals surface area contributed by atoms with Crippen LogP contribution in [-0.4, -0.2) is 35.3 Å². The molecule has 0 spiro atoms. The van der Waals surface area contributed by atoms with Gasteiger partial charge in [0.2, 0.25) is 0 Å². The Hall–Kier alpha value is -1.20. The third kappa shape index (κ3) is 7.97. The highest BCUT2D eigenvalue weighted by Crippen LogP contribution is 2.10. The minimum atomic E-state index is 0.0787. The molecule has 120 valence electrons. The van der Waals surface area contributed by atoms with E-state index in [0.717, 1.165) is 24.4 Å². The summed E-state index contributed by atoms with van der Waals surface area (Å²) in [5.41, 5.74) is 2.11. The van der Waals surface area contributed by atoms with Crippen molar-refractivity contribution in [1.29, 1.82) is 0 Å². The molecule has 1 aromatic rings. The van der Waals surface area contributed by atoms with E-state index in [9.17, 15) is 0 Å². The fourth-order valence-electron chi connectivity index (χ4n) is 1.59. The highest BCUT2D eigenvalue weighted by molar-refractivity contribution is 5.17. The standard InChI is InChI=1S/C16H29N3O2/c1-12(2)11-20-7-8-21-15-17-9-14(13(3)19-15)10-18-16(4,5)6/h9,12,18H,7-8,10-11H2,1-6H3. The second-order valence-corrected chi connectivity index (χ2v) is 6.68. The minimum Gasteiger partial charge on any atom is -0.461 e. The zero-order valence-corrected chi connectivity index (χ0v) is 14.2. The molecule has 1 N–H and O–H groups in total. The summed E-state index contributed by atoms with van der Waals surface area (Å²) in [7, 11) is 0. The number of hydrogen-bond donors (Lipinski definition) is 1. The number of hydrogen-bond acceptors (Lipinski definition) is 5. The summed E-state index contributed by atoms with van der Waals surface area (Å²) in [6.07, 6.45) is 1.82. The van der Waals surface area contributed by atoms with Crippen molar-refractivity contribution in [2.45, 2.75) is 53.6 Å². The minimum absolute atomic E-state index is 0.0787. The maximum atomic E-state index is 5.50. The van der Waals surface area contributed by atoms with Crippen LogP contribution in [0.3, 0.4) is 0 Å². The van der Waals surface area contributed by atoms with Crippen molar-refractivity contribution in [2.75, 3.05) is 19.8 Å². The van der Waals surface area contributed by atoms with E-state index >= 15 is 0 Å². The normalized spacial score (nSPS) is 12.0. The maximum absolute atomic E-state index is 5.50. The Morgan fingerprint density at radius 2 is 1.95 bits per heavy atom. The number of aromatic nitrogens is 2.